The van der Waals surface area contributed by atoms with E-state index in [0.29, 0.717) is 17.2 Å². The van der Waals surface area contributed by atoms with Crippen molar-refractivity contribution in [3.8, 4) is 11.4 Å². The highest BCUT2D eigenvalue weighted by Crippen LogP contribution is 2.17. The van der Waals surface area contributed by atoms with Gasteiger partial charge < -0.3 is 9.84 Å². The third-order valence-electron chi connectivity index (χ3n) is 3.96. The van der Waals surface area contributed by atoms with Gasteiger partial charge in [0, 0.05) is 12.6 Å². The Morgan fingerprint density at radius 2 is 1.85 bits per heavy atom. The number of benzene rings is 1. The Kier molecular flexibility index (Phi) is 5.12. The lowest BCUT2D eigenvalue weighted by molar-refractivity contribution is -0.144. The molecule has 26 heavy (non-hydrogen) atoms. The van der Waals surface area contributed by atoms with Gasteiger partial charge in [-0.15, -0.1) is 0 Å². The molecule has 0 unspecified atom stereocenters. The summed E-state index contributed by atoms with van der Waals surface area (Å²) in [7, 11) is 1.64. The molecule has 0 saturated carbocycles. The molecule has 0 bridgehead atoms. The summed E-state index contributed by atoms with van der Waals surface area (Å²) in [6.45, 7) is 0.721. The van der Waals surface area contributed by atoms with Crippen LogP contribution in [0, 0.1) is 5.82 Å². The van der Waals surface area contributed by atoms with Crippen molar-refractivity contribution in [2.45, 2.75) is 6.42 Å². The summed E-state index contributed by atoms with van der Waals surface area (Å²) in [5.74, 6) is -0.0364. The molecule has 0 atom stereocenters. The van der Waals surface area contributed by atoms with E-state index in [2.05, 4.69) is 10.1 Å². The molecule has 0 aliphatic carbocycles. The van der Waals surface area contributed by atoms with E-state index in [1.165, 1.54) is 16.8 Å². The van der Waals surface area contributed by atoms with Crippen molar-refractivity contribution in [1.29, 1.82) is 0 Å². The fraction of sp³-hybridized carbons (Fsp3) is 0.375. The number of carboxylic acid groups (broad SMARTS) is 1. The average molecular weight is 363 g/mol. The van der Waals surface area contributed by atoms with Crippen LogP contribution < -0.4 is 0 Å². The second-order valence-electron chi connectivity index (χ2n) is 5.69. The van der Waals surface area contributed by atoms with Gasteiger partial charge in [0.05, 0.1) is 32.7 Å². The maximum atomic E-state index is 13.0. The Morgan fingerprint density at radius 1 is 1.19 bits per heavy atom. The number of hydrazine groups is 1. The van der Waals surface area contributed by atoms with Gasteiger partial charge in [-0.2, -0.15) is 5.10 Å². The number of carbonyl (C=O) groups is 2. The Balaban J connectivity index is 1.78. The van der Waals surface area contributed by atoms with Crippen molar-refractivity contribution < 1.29 is 23.8 Å². The maximum absolute atomic E-state index is 13.0. The van der Waals surface area contributed by atoms with E-state index in [0.717, 1.165) is 10.0 Å². The second-order valence-corrected chi connectivity index (χ2v) is 5.69. The molecule has 1 fully saturated rings. The molecule has 1 aliphatic rings. The standard InChI is InChI=1S/C16H18FN5O4/c1-20-13(18-15(19-20)11-2-4-12(17)5-3-11)10-14(23)21-6-8-26-9-7-22(21)16(24)25/h2-5H,6-10H2,1H3,(H,24,25). The van der Waals surface area contributed by atoms with Crippen LogP contribution in [0.4, 0.5) is 9.18 Å². The minimum atomic E-state index is -1.21. The molecule has 2 amide bonds. The van der Waals surface area contributed by atoms with Crippen LogP contribution in [0.3, 0.4) is 0 Å². The largest absolute Gasteiger partial charge is 0.464 e. The predicted octanol–water partition coefficient (Wildman–Crippen LogP) is 0.918. The molecule has 138 valence electrons. The normalized spacial score (nSPS) is 15.0. The number of aromatic nitrogens is 3. The zero-order chi connectivity index (χ0) is 18.7. The van der Waals surface area contributed by atoms with Gasteiger partial charge >= 0.3 is 6.09 Å². The molecule has 0 spiro atoms. The second kappa shape index (κ2) is 7.48. The minimum absolute atomic E-state index is 0.0840. The third-order valence-corrected chi connectivity index (χ3v) is 3.96. The molecular weight excluding hydrogens is 345 g/mol. The highest BCUT2D eigenvalue weighted by molar-refractivity contribution is 5.80. The van der Waals surface area contributed by atoms with E-state index >= 15 is 0 Å². The topological polar surface area (TPSA) is 101 Å². The monoisotopic (exact) mass is 363 g/mol. The molecule has 2 heterocycles. The summed E-state index contributed by atoms with van der Waals surface area (Å²) in [5.41, 5.74) is 0.621. The van der Waals surface area contributed by atoms with Gasteiger partial charge in [-0.25, -0.2) is 24.2 Å². The van der Waals surface area contributed by atoms with E-state index in [1.807, 2.05) is 0 Å². The fourth-order valence-electron chi connectivity index (χ4n) is 2.62. The van der Waals surface area contributed by atoms with Crippen LogP contribution >= 0.6 is 0 Å². The average Bonchev–Trinajstić information content (AvgIpc) is 2.83. The SMILES string of the molecule is Cn1nc(-c2ccc(F)cc2)nc1CC(=O)N1CCOCCN1C(=O)O. The number of carbonyl (C=O) groups excluding carboxylic acids is 1. The lowest BCUT2D eigenvalue weighted by Gasteiger charge is -2.29. The fourth-order valence-corrected chi connectivity index (χ4v) is 2.62. The van der Waals surface area contributed by atoms with Crippen LogP contribution in [-0.2, 0) is 23.0 Å². The van der Waals surface area contributed by atoms with Crippen LogP contribution in [0.5, 0.6) is 0 Å². The van der Waals surface area contributed by atoms with E-state index in [1.54, 1.807) is 19.2 Å². The zero-order valence-electron chi connectivity index (χ0n) is 14.1. The smallest absolute Gasteiger partial charge is 0.426 e. The number of aryl methyl sites for hydroxylation is 1. The molecule has 1 aliphatic heterocycles. The van der Waals surface area contributed by atoms with Crippen LogP contribution in [-0.4, -0.2) is 68.2 Å². The van der Waals surface area contributed by atoms with Crippen LogP contribution in [0.2, 0.25) is 0 Å². The highest BCUT2D eigenvalue weighted by Gasteiger charge is 2.28. The van der Waals surface area contributed by atoms with Gasteiger partial charge in [0.15, 0.2) is 5.82 Å². The van der Waals surface area contributed by atoms with Crippen LogP contribution in [0.1, 0.15) is 5.82 Å². The number of nitrogens with zero attached hydrogens (tertiary/aromatic N) is 5. The van der Waals surface area contributed by atoms with Gasteiger partial charge in [-0.1, -0.05) is 0 Å². The van der Waals surface area contributed by atoms with E-state index in [-0.39, 0.29) is 38.5 Å². The lowest BCUT2D eigenvalue weighted by atomic mass is 10.2. The molecule has 1 aromatic carbocycles. The van der Waals surface area contributed by atoms with E-state index in [4.69, 9.17) is 4.74 Å². The first-order chi connectivity index (χ1) is 12.5. The predicted molar refractivity (Wildman–Crippen MR) is 87.4 cm³/mol. The first-order valence-electron chi connectivity index (χ1n) is 8.00. The first kappa shape index (κ1) is 17.8. The van der Waals surface area contributed by atoms with Crippen molar-refractivity contribution in [1.82, 2.24) is 24.8 Å². The van der Waals surface area contributed by atoms with Gasteiger partial charge in [-0.05, 0) is 24.3 Å². The van der Waals surface area contributed by atoms with Gasteiger partial charge in [-0.3, -0.25) is 9.48 Å². The van der Waals surface area contributed by atoms with Crippen molar-refractivity contribution >= 4 is 12.0 Å². The Labute approximate surface area is 148 Å². The molecule has 3 rings (SSSR count). The highest BCUT2D eigenvalue weighted by atomic mass is 19.1. The number of hydrogen-bond donors (Lipinski definition) is 1. The molecule has 1 aromatic heterocycles. The zero-order valence-corrected chi connectivity index (χ0v) is 14.1. The lowest BCUT2D eigenvalue weighted by Crippen LogP contribution is -2.50. The van der Waals surface area contributed by atoms with Crippen LogP contribution in [0.15, 0.2) is 24.3 Å². The van der Waals surface area contributed by atoms with Gasteiger partial charge in [0.1, 0.15) is 11.6 Å². The number of rotatable bonds is 3. The quantitative estimate of drug-likeness (QED) is 0.870. The summed E-state index contributed by atoms with van der Waals surface area (Å²) in [6.07, 6.45) is -1.33. The van der Waals surface area contributed by atoms with Gasteiger partial charge in [0.2, 0.25) is 5.91 Å². The summed E-state index contributed by atoms with van der Waals surface area (Å²) in [5, 5.41) is 15.6. The maximum Gasteiger partial charge on any atom is 0.426 e. The molecule has 1 saturated heterocycles. The summed E-state index contributed by atoms with van der Waals surface area (Å²) < 4.78 is 19.7. The summed E-state index contributed by atoms with van der Waals surface area (Å²) in [4.78, 5) is 28.3. The molecular formula is C16H18FN5O4. The molecule has 0 radical (unpaired) electrons. The Morgan fingerprint density at radius 3 is 2.50 bits per heavy atom. The molecule has 9 nitrogen and oxygen atoms in total. The molecule has 1 N–H and O–H groups in total. The molecule has 10 heteroatoms. The number of amides is 2. The minimum Gasteiger partial charge on any atom is -0.464 e. The number of hydrogen-bond acceptors (Lipinski definition) is 5. The van der Waals surface area contributed by atoms with E-state index in [9.17, 15) is 19.1 Å². The first-order valence-corrected chi connectivity index (χ1v) is 8.00. The van der Waals surface area contributed by atoms with Crippen LogP contribution in [0.25, 0.3) is 11.4 Å². The van der Waals surface area contributed by atoms with Crippen molar-refractivity contribution in [2.24, 2.45) is 7.05 Å². The van der Waals surface area contributed by atoms with E-state index < -0.39 is 12.0 Å². The van der Waals surface area contributed by atoms with Gasteiger partial charge in [0.25, 0.3) is 0 Å². The Bertz CT molecular complexity index is 807. The summed E-state index contributed by atoms with van der Waals surface area (Å²) in [6, 6.07) is 5.71. The van der Waals surface area contributed by atoms with Crippen molar-refractivity contribution in [3.05, 3.63) is 35.9 Å². The Hall–Kier alpha value is -3.01. The van der Waals surface area contributed by atoms with Crippen molar-refractivity contribution in [3.63, 3.8) is 0 Å². The van der Waals surface area contributed by atoms with Crippen molar-refractivity contribution in [2.75, 3.05) is 26.3 Å². The number of ether oxygens (including phenoxy) is 1. The third kappa shape index (κ3) is 3.80. The molecule has 2 aromatic rings. The summed E-state index contributed by atoms with van der Waals surface area (Å²) >= 11 is 0. The number of halogens is 1.